The molecule has 0 bridgehead atoms. The summed E-state index contributed by atoms with van der Waals surface area (Å²) in [7, 11) is 1.95. The molecular weight excluding hydrogens is 330 g/mol. The van der Waals surface area contributed by atoms with E-state index in [4.69, 9.17) is 9.47 Å². The first kappa shape index (κ1) is 17.6. The SMILES string of the molecule is CNCCN1C(=O)CC[C@H]2CN(Cc3cc4c(cc3C)OCO4)CC[C@H]21. The van der Waals surface area contributed by atoms with Crippen LogP contribution in [0.2, 0.25) is 0 Å². The molecule has 3 aliphatic rings. The maximum Gasteiger partial charge on any atom is 0.231 e. The lowest BCUT2D eigenvalue weighted by Crippen LogP contribution is -2.56. The van der Waals surface area contributed by atoms with E-state index in [9.17, 15) is 4.79 Å². The summed E-state index contributed by atoms with van der Waals surface area (Å²) in [5.41, 5.74) is 2.57. The Balaban J connectivity index is 1.42. The van der Waals surface area contributed by atoms with Gasteiger partial charge in [0.05, 0.1) is 0 Å². The number of fused-ring (bicyclic) bond motifs is 2. The lowest BCUT2D eigenvalue weighted by molar-refractivity contribution is -0.141. The maximum absolute atomic E-state index is 12.3. The zero-order valence-electron chi connectivity index (χ0n) is 15.8. The van der Waals surface area contributed by atoms with Crippen molar-refractivity contribution in [2.75, 3.05) is 40.0 Å². The normalized spacial score (nSPS) is 25.5. The first-order valence-corrected chi connectivity index (χ1v) is 9.71. The highest BCUT2D eigenvalue weighted by Crippen LogP contribution is 2.36. The summed E-state index contributed by atoms with van der Waals surface area (Å²) >= 11 is 0. The Morgan fingerprint density at radius 2 is 2.04 bits per heavy atom. The first-order chi connectivity index (χ1) is 12.7. The number of benzene rings is 1. The van der Waals surface area contributed by atoms with Crippen LogP contribution >= 0.6 is 0 Å². The molecule has 2 saturated heterocycles. The Morgan fingerprint density at radius 1 is 1.23 bits per heavy atom. The molecule has 3 aliphatic heterocycles. The summed E-state index contributed by atoms with van der Waals surface area (Å²) in [6.07, 6.45) is 2.79. The number of carbonyl (C=O) groups is 1. The van der Waals surface area contributed by atoms with Gasteiger partial charge in [0, 0.05) is 45.2 Å². The van der Waals surface area contributed by atoms with Crippen LogP contribution in [0.4, 0.5) is 0 Å². The van der Waals surface area contributed by atoms with Crippen molar-refractivity contribution in [3.63, 3.8) is 0 Å². The molecule has 2 atom stereocenters. The fourth-order valence-corrected chi connectivity index (χ4v) is 4.59. The van der Waals surface area contributed by atoms with Gasteiger partial charge in [0.2, 0.25) is 12.7 Å². The third-order valence-corrected chi connectivity index (χ3v) is 6.06. The van der Waals surface area contributed by atoms with Crippen molar-refractivity contribution in [2.45, 2.75) is 38.8 Å². The highest BCUT2D eigenvalue weighted by molar-refractivity contribution is 5.77. The van der Waals surface area contributed by atoms with Crippen molar-refractivity contribution >= 4 is 5.91 Å². The molecule has 0 aromatic heterocycles. The molecule has 1 aromatic carbocycles. The monoisotopic (exact) mass is 359 g/mol. The fourth-order valence-electron chi connectivity index (χ4n) is 4.59. The van der Waals surface area contributed by atoms with Gasteiger partial charge in [-0.15, -0.1) is 0 Å². The van der Waals surface area contributed by atoms with E-state index >= 15 is 0 Å². The Bertz CT molecular complexity index is 679. The van der Waals surface area contributed by atoms with Crippen LogP contribution in [0.25, 0.3) is 0 Å². The number of hydrogen-bond donors (Lipinski definition) is 1. The van der Waals surface area contributed by atoms with Gasteiger partial charge in [0.25, 0.3) is 0 Å². The summed E-state index contributed by atoms with van der Waals surface area (Å²) in [6.45, 7) is 7.22. The summed E-state index contributed by atoms with van der Waals surface area (Å²) in [6, 6.07) is 4.63. The summed E-state index contributed by atoms with van der Waals surface area (Å²) in [5.74, 6) is 2.65. The van der Waals surface area contributed by atoms with Gasteiger partial charge in [-0.3, -0.25) is 9.69 Å². The highest BCUT2D eigenvalue weighted by Gasteiger charge is 2.38. The first-order valence-electron chi connectivity index (χ1n) is 9.71. The zero-order chi connectivity index (χ0) is 18.1. The largest absolute Gasteiger partial charge is 0.454 e. The number of likely N-dealkylation sites (tertiary alicyclic amines) is 2. The van der Waals surface area contributed by atoms with Crippen LogP contribution in [-0.4, -0.2) is 61.8 Å². The van der Waals surface area contributed by atoms with Gasteiger partial charge in [0.1, 0.15) is 0 Å². The van der Waals surface area contributed by atoms with Crippen LogP contribution in [0.3, 0.4) is 0 Å². The Labute approximate surface area is 155 Å². The molecular formula is C20H29N3O3. The molecule has 2 fully saturated rings. The number of ether oxygens (including phenoxy) is 2. The van der Waals surface area contributed by atoms with Gasteiger partial charge in [-0.2, -0.15) is 0 Å². The molecule has 0 radical (unpaired) electrons. The van der Waals surface area contributed by atoms with Gasteiger partial charge < -0.3 is 19.7 Å². The Hall–Kier alpha value is -1.79. The quantitative estimate of drug-likeness (QED) is 0.868. The van der Waals surface area contributed by atoms with Gasteiger partial charge in [0.15, 0.2) is 11.5 Å². The van der Waals surface area contributed by atoms with E-state index in [1.165, 1.54) is 11.1 Å². The van der Waals surface area contributed by atoms with E-state index in [0.29, 0.717) is 31.1 Å². The third kappa shape index (κ3) is 3.40. The number of nitrogens with one attached hydrogen (secondary N) is 1. The lowest BCUT2D eigenvalue weighted by Gasteiger charge is -2.47. The molecule has 4 rings (SSSR count). The van der Waals surface area contributed by atoms with Crippen LogP contribution < -0.4 is 14.8 Å². The van der Waals surface area contributed by atoms with E-state index in [0.717, 1.165) is 57.1 Å². The van der Waals surface area contributed by atoms with Crippen LogP contribution in [0.1, 0.15) is 30.4 Å². The third-order valence-electron chi connectivity index (χ3n) is 6.06. The summed E-state index contributed by atoms with van der Waals surface area (Å²) < 4.78 is 11.0. The van der Waals surface area contributed by atoms with Crippen LogP contribution in [-0.2, 0) is 11.3 Å². The van der Waals surface area contributed by atoms with Crippen molar-refractivity contribution in [3.8, 4) is 11.5 Å². The predicted molar refractivity (Wildman–Crippen MR) is 99.3 cm³/mol. The number of amides is 1. The zero-order valence-corrected chi connectivity index (χ0v) is 15.8. The van der Waals surface area contributed by atoms with Crippen molar-refractivity contribution < 1.29 is 14.3 Å². The van der Waals surface area contributed by atoms with Crippen molar-refractivity contribution in [2.24, 2.45) is 5.92 Å². The molecule has 0 saturated carbocycles. The Kier molecular flexibility index (Phi) is 5.05. The molecule has 1 amide bonds. The number of carbonyl (C=O) groups excluding carboxylic acids is 1. The fraction of sp³-hybridized carbons (Fsp3) is 0.650. The van der Waals surface area contributed by atoms with E-state index in [2.05, 4.69) is 34.2 Å². The molecule has 0 unspecified atom stereocenters. The smallest absolute Gasteiger partial charge is 0.231 e. The van der Waals surface area contributed by atoms with Gasteiger partial charge in [-0.05, 0) is 56.0 Å². The van der Waals surface area contributed by atoms with E-state index < -0.39 is 0 Å². The van der Waals surface area contributed by atoms with E-state index in [-0.39, 0.29) is 0 Å². The maximum atomic E-state index is 12.3. The number of rotatable bonds is 5. The molecule has 1 aromatic rings. The van der Waals surface area contributed by atoms with Gasteiger partial charge >= 0.3 is 0 Å². The molecule has 142 valence electrons. The number of nitrogens with zero attached hydrogens (tertiary/aromatic N) is 2. The predicted octanol–water partition coefficient (Wildman–Crippen LogP) is 1.76. The van der Waals surface area contributed by atoms with Gasteiger partial charge in [-0.1, -0.05) is 0 Å². The minimum absolute atomic E-state index is 0.322. The minimum Gasteiger partial charge on any atom is -0.454 e. The number of aryl methyl sites for hydroxylation is 1. The van der Waals surface area contributed by atoms with E-state index in [1.54, 1.807) is 0 Å². The van der Waals surface area contributed by atoms with Crippen molar-refractivity contribution in [1.82, 2.24) is 15.1 Å². The second-order valence-corrected chi connectivity index (χ2v) is 7.71. The lowest BCUT2D eigenvalue weighted by atomic mass is 9.83. The molecule has 6 nitrogen and oxygen atoms in total. The molecule has 3 heterocycles. The number of piperidine rings is 2. The summed E-state index contributed by atoms with van der Waals surface area (Å²) in [5, 5.41) is 3.17. The Morgan fingerprint density at radius 3 is 2.85 bits per heavy atom. The molecule has 0 spiro atoms. The van der Waals surface area contributed by atoms with Crippen LogP contribution in [0, 0.1) is 12.8 Å². The molecule has 1 N–H and O–H groups in total. The molecule has 0 aliphatic carbocycles. The highest BCUT2D eigenvalue weighted by atomic mass is 16.7. The molecule has 6 heteroatoms. The average Bonchev–Trinajstić information content (AvgIpc) is 3.08. The minimum atomic E-state index is 0.322. The second-order valence-electron chi connectivity index (χ2n) is 7.71. The number of hydrogen-bond acceptors (Lipinski definition) is 5. The van der Waals surface area contributed by atoms with Crippen LogP contribution in [0.5, 0.6) is 11.5 Å². The standard InChI is InChI=1S/C20H29N3O3/c1-14-9-18-19(26-13-25-18)10-16(14)12-22-7-5-17-15(11-22)3-4-20(24)23(17)8-6-21-2/h9-10,15,17,21H,3-8,11-13H2,1-2H3/t15-,17+/m0/s1. The van der Waals surface area contributed by atoms with Crippen LogP contribution in [0.15, 0.2) is 12.1 Å². The summed E-state index contributed by atoms with van der Waals surface area (Å²) in [4.78, 5) is 17.0. The number of likely N-dealkylation sites (N-methyl/N-ethyl adjacent to an activating group) is 1. The van der Waals surface area contributed by atoms with Gasteiger partial charge in [-0.25, -0.2) is 0 Å². The topological polar surface area (TPSA) is 54.0 Å². The van der Waals surface area contributed by atoms with Crippen molar-refractivity contribution in [3.05, 3.63) is 23.3 Å². The average molecular weight is 359 g/mol. The van der Waals surface area contributed by atoms with E-state index in [1.807, 2.05) is 7.05 Å². The molecule has 26 heavy (non-hydrogen) atoms. The van der Waals surface area contributed by atoms with Crippen molar-refractivity contribution in [1.29, 1.82) is 0 Å². The second kappa shape index (κ2) is 7.45.